The third kappa shape index (κ3) is 4.22. The van der Waals surface area contributed by atoms with Crippen molar-refractivity contribution in [2.24, 2.45) is 0 Å². The van der Waals surface area contributed by atoms with E-state index in [9.17, 15) is 4.79 Å². The van der Waals surface area contributed by atoms with Crippen molar-refractivity contribution < 1.29 is 4.79 Å². The number of carbonyl (C=O) groups excluding carboxylic acids is 1. The molecule has 0 aliphatic heterocycles. The molecular weight excluding hydrogens is 308 g/mol. The summed E-state index contributed by atoms with van der Waals surface area (Å²) in [5, 5.41) is 12.2. The SMILES string of the molecule is Cc1cc(Cl)ccc1NC(=O)CSc1nncn1C(C)C. The number of anilines is 1. The van der Waals surface area contributed by atoms with E-state index in [2.05, 4.69) is 15.5 Å². The van der Waals surface area contributed by atoms with Gasteiger partial charge >= 0.3 is 0 Å². The van der Waals surface area contributed by atoms with E-state index in [0.717, 1.165) is 16.4 Å². The van der Waals surface area contributed by atoms with Crippen LogP contribution in [0.4, 0.5) is 5.69 Å². The zero-order chi connectivity index (χ0) is 15.4. The van der Waals surface area contributed by atoms with Crippen LogP contribution in [0.2, 0.25) is 5.02 Å². The Labute approximate surface area is 133 Å². The third-order valence-electron chi connectivity index (χ3n) is 2.89. The molecule has 1 aromatic heterocycles. The van der Waals surface area contributed by atoms with Gasteiger partial charge in [0.2, 0.25) is 5.91 Å². The van der Waals surface area contributed by atoms with Gasteiger partial charge < -0.3 is 9.88 Å². The maximum absolute atomic E-state index is 12.0. The second-order valence-electron chi connectivity index (χ2n) is 4.91. The van der Waals surface area contributed by atoms with Crippen LogP contribution in [0.5, 0.6) is 0 Å². The number of aryl methyl sites for hydroxylation is 1. The molecule has 0 radical (unpaired) electrons. The van der Waals surface area contributed by atoms with Gasteiger partial charge in [-0.15, -0.1) is 10.2 Å². The smallest absolute Gasteiger partial charge is 0.234 e. The van der Waals surface area contributed by atoms with Crippen molar-refractivity contribution in [2.45, 2.75) is 32.0 Å². The van der Waals surface area contributed by atoms with E-state index < -0.39 is 0 Å². The van der Waals surface area contributed by atoms with Crippen LogP contribution >= 0.6 is 23.4 Å². The van der Waals surface area contributed by atoms with E-state index in [-0.39, 0.29) is 17.7 Å². The molecule has 7 heteroatoms. The number of nitrogens with zero attached hydrogens (tertiary/aromatic N) is 3. The van der Waals surface area contributed by atoms with Gasteiger partial charge in [0.15, 0.2) is 5.16 Å². The van der Waals surface area contributed by atoms with E-state index >= 15 is 0 Å². The molecule has 2 aromatic rings. The maximum atomic E-state index is 12.0. The molecule has 21 heavy (non-hydrogen) atoms. The number of rotatable bonds is 5. The van der Waals surface area contributed by atoms with Gasteiger partial charge in [0, 0.05) is 16.8 Å². The van der Waals surface area contributed by atoms with Crippen molar-refractivity contribution >= 4 is 35.0 Å². The molecule has 0 saturated heterocycles. The molecule has 2 rings (SSSR count). The van der Waals surface area contributed by atoms with Crippen molar-refractivity contribution in [1.82, 2.24) is 14.8 Å². The Bertz CT molecular complexity index is 642. The quantitative estimate of drug-likeness (QED) is 0.854. The van der Waals surface area contributed by atoms with E-state index in [4.69, 9.17) is 11.6 Å². The standard InChI is InChI=1S/C14H17ClN4OS/c1-9(2)19-8-16-18-14(19)21-7-13(20)17-12-5-4-11(15)6-10(12)3/h4-6,8-9H,7H2,1-3H3,(H,17,20). The van der Waals surface area contributed by atoms with Gasteiger partial charge in [-0.1, -0.05) is 23.4 Å². The van der Waals surface area contributed by atoms with Gasteiger partial charge in [-0.05, 0) is 44.5 Å². The first kappa shape index (κ1) is 15.9. The summed E-state index contributed by atoms with van der Waals surface area (Å²) >= 11 is 7.26. The molecule has 0 fully saturated rings. The lowest BCUT2D eigenvalue weighted by molar-refractivity contribution is -0.113. The third-order valence-corrected chi connectivity index (χ3v) is 4.08. The summed E-state index contributed by atoms with van der Waals surface area (Å²) in [5.41, 5.74) is 1.71. The van der Waals surface area contributed by atoms with Crippen LogP contribution < -0.4 is 5.32 Å². The number of carbonyl (C=O) groups is 1. The fourth-order valence-electron chi connectivity index (χ4n) is 1.77. The van der Waals surface area contributed by atoms with Crippen LogP contribution in [-0.2, 0) is 4.79 Å². The molecule has 1 N–H and O–H groups in total. The van der Waals surface area contributed by atoms with Gasteiger partial charge in [0.05, 0.1) is 5.75 Å². The Morgan fingerprint density at radius 3 is 2.90 bits per heavy atom. The number of hydrogen-bond acceptors (Lipinski definition) is 4. The predicted octanol–water partition coefficient (Wildman–Crippen LogP) is 3.55. The Morgan fingerprint density at radius 2 is 2.24 bits per heavy atom. The summed E-state index contributed by atoms with van der Waals surface area (Å²) in [7, 11) is 0. The monoisotopic (exact) mass is 324 g/mol. The van der Waals surface area contributed by atoms with Crippen LogP contribution in [0.1, 0.15) is 25.5 Å². The summed E-state index contributed by atoms with van der Waals surface area (Å²) in [6.07, 6.45) is 1.67. The zero-order valence-electron chi connectivity index (χ0n) is 12.1. The number of nitrogens with one attached hydrogen (secondary N) is 1. The highest BCUT2D eigenvalue weighted by atomic mass is 35.5. The average molecular weight is 325 g/mol. The van der Waals surface area contributed by atoms with Gasteiger partial charge in [-0.3, -0.25) is 4.79 Å². The summed E-state index contributed by atoms with van der Waals surface area (Å²) in [6, 6.07) is 5.65. The normalized spacial score (nSPS) is 10.9. The van der Waals surface area contributed by atoms with Crippen molar-refractivity contribution in [3.05, 3.63) is 35.1 Å². The highest BCUT2D eigenvalue weighted by Crippen LogP contribution is 2.21. The lowest BCUT2D eigenvalue weighted by atomic mass is 10.2. The van der Waals surface area contributed by atoms with Crippen LogP contribution in [0, 0.1) is 6.92 Å². The minimum Gasteiger partial charge on any atom is -0.325 e. The second kappa shape index (κ2) is 6.95. The molecule has 1 heterocycles. The number of aromatic nitrogens is 3. The number of benzene rings is 1. The van der Waals surface area contributed by atoms with E-state index in [1.165, 1.54) is 11.8 Å². The molecule has 112 valence electrons. The van der Waals surface area contributed by atoms with Crippen molar-refractivity contribution in [1.29, 1.82) is 0 Å². The Kier molecular flexibility index (Phi) is 5.25. The van der Waals surface area contributed by atoms with E-state index in [1.807, 2.05) is 31.4 Å². The minimum atomic E-state index is -0.0799. The molecule has 0 spiro atoms. The maximum Gasteiger partial charge on any atom is 0.234 e. The summed E-state index contributed by atoms with van der Waals surface area (Å²) in [6.45, 7) is 6.00. The number of amides is 1. The molecule has 5 nitrogen and oxygen atoms in total. The van der Waals surface area contributed by atoms with Crippen molar-refractivity contribution in [3.8, 4) is 0 Å². The van der Waals surface area contributed by atoms with Gasteiger partial charge in [-0.2, -0.15) is 0 Å². The van der Waals surface area contributed by atoms with Crippen LogP contribution in [0.15, 0.2) is 29.7 Å². The highest BCUT2D eigenvalue weighted by Gasteiger charge is 2.11. The van der Waals surface area contributed by atoms with E-state index in [0.29, 0.717) is 5.02 Å². The largest absolute Gasteiger partial charge is 0.325 e. The Hall–Kier alpha value is -1.53. The van der Waals surface area contributed by atoms with Gasteiger partial charge in [0.25, 0.3) is 0 Å². The van der Waals surface area contributed by atoms with Crippen LogP contribution in [-0.4, -0.2) is 26.4 Å². The molecular formula is C14H17ClN4OS. The first-order valence-electron chi connectivity index (χ1n) is 6.55. The van der Waals surface area contributed by atoms with E-state index in [1.54, 1.807) is 18.5 Å². The molecule has 0 bridgehead atoms. The fourth-order valence-corrected chi connectivity index (χ4v) is 2.84. The second-order valence-corrected chi connectivity index (χ2v) is 6.29. The summed E-state index contributed by atoms with van der Waals surface area (Å²) in [4.78, 5) is 12.0. The average Bonchev–Trinajstić information content (AvgIpc) is 2.88. The van der Waals surface area contributed by atoms with Crippen molar-refractivity contribution in [2.75, 3.05) is 11.1 Å². The van der Waals surface area contributed by atoms with Crippen LogP contribution in [0.3, 0.4) is 0 Å². The van der Waals surface area contributed by atoms with Gasteiger partial charge in [-0.25, -0.2) is 0 Å². The molecule has 1 aromatic carbocycles. The zero-order valence-corrected chi connectivity index (χ0v) is 13.7. The molecule has 0 atom stereocenters. The van der Waals surface area contributed by atoms with Crippen molar-refractivity contribution in [3.63, 3.8) is 0 Å². The van der Waals surface area contributed by atoms with Gasteiger partial charge in [0.1, 0.15) is 6.33 Å². The number of halogens is 1. The summed E-state index contributed by atoms with van der Waals surface area (Å²) < 4.78 is 1.94. The highest BCUT2D eigenvalue weighted by molar-refractivity contribution is 7.99. The lowest BCUT2D eigenvalue weighted by Crippen LogP contribution is -2.15. The Balaban J connectivity index is 1.94. The molecule has 0 aliphatic carbocycles. The topological polar surface area (TPSA) is 59.8 Å². The molecule has 0 unspecified atom stereocenters. The first-order valence-corrected chi connectivity index (χ1v) is 7.92. The first-order chi connectivity index (χ1) is 9.97. The number of hydrogen-bond donors (Lipinski definition) is 1. The molecule has 0 saturated carbocycles. The van der Waals surface area contributed by atoms with Crippen LogP contribution in [0.25, 0.3) is 0 Å². The lowest BCUT2D eigenvalue weighted by Gasteiger charge is -2.10. The predicted molar refractivity (Wildman–Crippen MR) is 85.9 cm³/mol. The fraction of sp³-hybridized carbons (Fsp3) is 0.357. The Morgan fingerprint density at radius 1 is 1.48 bits per heavy atom. The molecule has 0 aliphatic rings. The summed E-state index contributed by atoms with van der Waals surface area (Å²) in [5.74, 6) is 0.205. The minimum absolute atomic E-state index is 0.0799. The molecule has 1 amide bonds. The number of thioether (sulfide) groups is 1.